The second kappa shape index (κ2) is 11.6. The normalized spacial score (nSPS) is 30.6. The molecule has 4 saturated heterocycles. The summed E-state index contributed by atoms with van der Waals surface area (Å²) in [4.78, 5) is 33.6. The van der Waals surface area contributed by atoms with Crippen molar-refractivity contribution in [2.75, 3.05) is 64.7 Å². The van der Waals surface area contributed by atoms with Gasteiger partial charge >= 0.3 is 6.03 Å². The van der Waals surface area contributed by atoms with Crippen molar-refractivity contribution in [2.45, 2.75) is 62.9 Å². The monoisotopic (exact) mass is 512 g/mol. The number of primary amides is 1. The molecule has 0 aliphatic carbocycles. The van der Waals surface area contributed by atoms with Gasteiger partial charge in [0.1, 0.15) is 12.2 Å². The molecule has 1 aromatic carbocycles. The van der Waals surface area contributed by atoms with Gasteiger partial charge in [-0.05, 0) is 75.5 Å². The number of likely N-dealkylation sites (tertiary alicyclic amines) is 2. The summed E-state index contributed by atoms with van der Waals surface area (Å²) < 4.78 is 0. The first-order valence-electron chi connectivity index (χ1n) is 14.1. The number of carbonyl (C=O) groups is 2. The van der Waals surface area contributed by atoms with Gasteiger partial charge in [0.05, 0.1) is 6.17 Å². The van der Waals surface area contributed by atoms with Crippen LogP contribution in [0.1, 0.15) is 44.1 Å². The second-order valence-electron chi connectivity index (χ2n) is 11.1. The molecule has 0 spiro atoms. The minimum absolute atomic E-state index is 0.0503. The SMILES string of the molecule is CCN1CCC(c2ccc(NC3NC(N4CCC[C@@H](N5CCN(C)C5=O)C4)CNC3C(N)=O)cc2)CC1. The molecule has 0 bridgehead atoms. The van der Waals surface area contributed by atoms with E-state index in [1.54, 1.807) is 4.90 Å². The number of benzene rings is 1. The molecule has 5 N–H and O–H groups in total. The van der Waals surface area contributed by atoms with Gasteiger partial charge < -0.3 is 31.1 Å². The number of carbonyl (C=O) groups excluding carboxylic acids is 2. The van der Waals surface area contributed by atoms with Crippen molar-refractivity contribution in [2.24, 2.45) is 5.73 Å². The largest absolute Gasteiger partial charge is 0.368 e. The number of piperidine rings is 2. The minimum Gasteiger partial charge on any atom is -0.368 e. The van der Waals surface area contributed by atoms with E-state index in [9.17, 15) is 9.59 Å². The molecule has 4 atom stereocenters. The van der Waals surface area contributed by atoms with E-state index < -0.39 is 6.04 Å². The van der Waals surface area contributed by atoms with Crippen LogP contribution in [-0.4, -0.2) is 115 Å². The number of nitrogens with two attached hydrogens (primary N) is 1. The van der Waals surface area contributed by atoms with Gasteiger partial charge in [0, 0.05) is 45.0 Å². The Labute approximate surface area is 220 Å². The standard InChI is InChI=1S/C27H44N8O2/c1-3-33-13-10-20(11-14-33)19-6-8-21(9-7-19)30-26-24(25(28)36)29-17-23(31-26)34-12-4-5-22(18-34)35-16-15-32(2)27(35)37/h6-9,20,22-24,26,29-31H,3-5,10-18H2,1-2H3,(H2,28,36)/t22-,23?,24?,26?/m1/s1. The van der Waals surface area contributed by atoms with Crippen molar-refractivity contribution in [1.29, 1.82) is 0 Å². The van der Waals surface area contributed by atoms with Crippen LogP contribution >= 0.6 is 0 Å². The lowest BCUT2D eigenvalue weighted by Crippen LogP contribution is -2.71. The summed E-state index contributed by atoms with van der Waals surface area (Å²) in [6.07, 6.45) is 4.22. The summed E-state index contributed by atoms with van der Waals surface area (Å²) >= 11 is 0. The fourth-order valence-corrected chi connectivity index (χ4v) is 6.48. The third-order valence-corrected chi connectivity index (χ3v) is 8.84. The molecule has 3 amide bonds. The molecular weight excluding hydrogens is 468 g/mol. The van der Waals surface area contributed by atoms with Crippen LogP contribution in [0.15, 0.2) is 24.3 Å². The molecule has 0 saturated carbocycles. The predicted molar refractivity (Wildman–Crippen MR) is 145 cm³/mol. The van der Waals surface area contributed by atoms with Crippen molar-refractivity contribution in [1.82, 2.24) is 30.2 Å². The first-order chi connectivity index (χ1) is 17.9. The molecule has 4 aliphatic rings. The van der Waals surface area contributed by atoms with Crippen molar-refractivity contribution >= 4 is 17.6 Å². The number of piperazine rings is 1. The fourth-order valence-electron chi connectivity index (χ4n) is 6.48. The summed E-state index contributed by atoms with van der Waals surface area (Å²) in [7, 11) is 1.87. The maximum absolute atomic E-state index is 12.6. The fraction of sp³-hybridized carbons (Fsp3) is 0.704. The third kappa shape index (κ3) is 5.87. The Morgan fingerprint density at radius 2 is 1.84 bits per heavy atom. The Morgan fingerprint density at radius 3 is 2.49 bits per heavy atom. The van der Waals surface area contributed by atoms with E-state index in [2.05, 4.69) is 56.9 Å². The van der Waals surface area contributed by atoms with Crippen molar-refractivity contribution in [3.05, 3.63) is 29.8 Å². The molecule has 10 heteroatoms. The van der Waals surface area contributed by atoms with Gasteiger partial charge in [-0.25, -0.2) is 4.79 Å². The van der Waals surface area contributed by atoms with Gasteiger partial charge in [-0.3, -0.25) is 15.0 Å². The molecule has 0 aromatic heterocycles. The summed E-state index contributed by atoms with van der Waals surface area (Å²) in [5.74, 6) is 0.244. The Hall–Kier alpha value is -2.40. The van der Waals surface area contributed by atoms with Gasteiger partial charge in [0.15, 0.2) is 0 Å². The molecule has 5 rings (SSSR count). The predicted octanol–water partition coefficient (Wildman–Crippen LogP) is 0.829. The van der Waals surface area contributed by atoms with E-state index in [4.69, 9.17) is 5.73 Å². The highest BCUT2D eigenvalue weighted by Gasteiger charge is 2.39. The van der Waals surface area contributed by atoms with E-state index in [-0.39, 0.29) is 30.3 Å². The summed E-state index contributed by atoms with van der Waals surface area (Å²) in [6, 6.07) is 8.54. The highest BCUT2D eigenvalue weighted by atomic mass is 16.2. The highest BCUT2D eigenvalue weighted by molar-refractivity contribution is 5.81. The molecule has 3 unspecified atom stereocenters. The first-order valence-corrected chi connectivity index (χ1v) is 14.1. The molecule has 4 aliphatic heterocycles. The number of anilines is 1. The number of hydrogen-bond donors (Lipinski definition) is 4. The lowest BCUT2D eigenvalue weighted by atomic mass is 9.89. The Kier molecular flexibility index (Phi) is 8.18. The molecule has 37 heavy (non-hydrogen) atoms. The zero-order chi connectivity index (χ0) is 25.9. The average molecular weight is 513 g/mol. The van der Waals surface area contributed by atoms with Gasteiger partial charge in [-0.15, -0.1) is 0 Å². The van der Waals surface area contributed by atoms with Gasteiger partial charge in [0.2, 0.25) is 5.91 Å². The van der Waals surface area contributed by atoms with E-state index in [0.717, 1.165) is 51.3 Å². The van der Waals surface area contributed by atoms with Crippen LogP contribution in [-0.2, 0) is 4.79 Å². The number of amides is 3. The second-order valence-corrected chi connectivity index (χ2v) is 11.1. The molecule has 0 radical (unpaired) electrons. The summed E-state index contributed by atoms with van der Waals surface area (Å²) in [5, 5.41) is 10.6. The van der Waals surface area contributed by atoms with Crippen LogP contribution in [0, 0.1) is 0 Å². The van der Waals surface area contributed by atoms with Gasteiger partial charge in [0.25, 0.3) is 0 Å². The molecule has 204 valence electrons. The van der Waals surface area contributed by atoms with Crippen LogP contribution in [0.5, 0.6) is 0 Å². The van der Waals surface area contributed by atoms with Crippen LogP contribution in [0.25, 0.3) is 0 Å². The van der Waals surface area contributed by atoms with E-state index in [1.165, 1.54) is 31.5 Å². The first kappa shape index (κ1) is 26.2. The van der Waals surface area contributed by atoms with E-state index >= 15 is 0 Å². The number of nitrogens with zero attached hydrogens (tertiary/aromatic N) is 4. The highest BCUT2D eigenvalue weighted by Crippen LogP contribution is 2.29. The van der Waals surface area contributed by atoms with E-state index in [1.807, 2.05) is 11.9 Å². The lowest BCUT2D eigenvalue weighted by Gasteiger charge is -2.46. The number of nitrogens with one attached hydrogen (secondary N) is 3. The molecular formula is C27H44N8O2. The zero-order valence-corrected chi connectivity index (χ0v) is 22.4. The van der Waals surface area contributed by atoms with Crippen LogP contribution in [0.2, 0.25) is 0 Å². The summed E-state index contributed by atoms with van der Waals surface area (Å²) in [6.45, 7) is 9.71. The topological polar surface area (TPSA) is 109 Å². The zero-order valence-electron chi connectivity index (χ0n) is 22.4. The van der Waals surface area contributed by atoms with Crippen molar-refractivity contribution < 1.29 is 9.59 Å². The third-order valence-electron chi connectivity index (χ3n) is 8.84. The van der Waals surface area contributed by atoms with Crippen LogP contribution in [0.4, 0.5) is 10.5 Å². The number of rotatable bonds is 7. The number of hydrogen-bond acceptors (Lipinski definition) is 7. The summed E-state index contributed by atoms with van der Waals surface area (Å²) in [5.41, 5.74) is 8.13. The van der Waals surface area contributed by atoms with Crippen molar-refractivity contribution in [3.8, 4) is 0 Å². The minimum atomic E-state index is -0.510. The molecule has 4 heterocycles. The van der Waals surface area contributed by atoms with E-state index in [0.29, 0.717) is 12.5 Å². The van der Waals surface area contributed by atoms with Crippen LogP contribution < -0.4 is 21.7 Å². The van der Waals surface area contributed by atoms with Gasteiger partial charge in [-0.2, -0.15) is 0 Å². The number of urea groups is 1. The maximum atomic E-state index is 12.6. The van der Waals surface area contributed by atoms with Crippen molar-refractivity contribution in [3.63, 3.8) is 0 Å². The smallest absolute Gasteiger partial charge is 0.320 e. The Morgan fingerprint density at radius 1 is 1.08 bits per heavy atom. The molecule has 1 aromatic rings. The Balaban J connectivity index is 1.21. The van der Waals surface area contributed by atoms with Gasteiger partial charge in [-0.1, -0.05) is 19.1 Å². The maximum Gasteiger partial charge on any atom is 0.320 e. The van der Waals surface area contributed by atoms with Crippen LogP contribution in [0.3, 0.4) is 0 Å². The molecule has 10 nitrogen and oxygen atoms in total. The lowest BCUT2D eigenvalue weighted by molar-refractivity contribution is -0.121. The Bertz CT molecular complexity index is 935. The average Bonchev–Trinajstić information content (AvgIpc) is 3.27. The quantitative estimate of drug-likeness (QED) is 0.429. The number of likely N-dealkylation sites (N-methyl/N-ethyl adjacent to an activating group) is 1. The molecule has 4 fully saturated rings.